The normalized spacial score (nSPS) is 11.1. The van der Waals surface area contributed by atoms with E-state index in [9.17, 15) is 10.1 Å². The molecular formula is C25H28N2O. The standard InChI is InChI=1S/C25H28N2O/c1-5-8-20(9-6-2)27-16-19(15-26)25(28)24-22(10-7-11-23(24)27)21-13-12-17(3)14-18(21)4/h7,10-14,16,20H,5-6,8-9H2,1-4H3. The summed E-state index contributed by atoms with van der Waals surface area (Å²) in [5.74, 6) is 0. The first kappa shape index (κ1) is 19.9. The van der Waals surface area contributed by atoms with Crippen LogP contribution in [0.4, 0.5) is 0 Å². The molecule has 3 heteroatoms. The molecule has 0 aliphatic rings. The predicted octanol–water partition coefficient (Wildman–Crippen LogP) is 6.30. The fourth-order valence-electron chi connectivity index (χ4n) is 4.21. The van der Waals surface area contributed by atoms with E-state index in [1.807, 2.05) is 18.2 Å². The zero-order valence-corrected chi connectivity index (χ0v) is 17.2. The van der Waals surface area contributed by atoms with Crippen molar-refractivity contribution >= 4 is 10.9 Å². The maximum absolute atomic E-state index is 13.2. The summed E-state index contributed by atoms with van der Waals surface area (Å²) in [6.45, 7) is 8.50. The van der Waals surface area contributed by atoms with Crippen LogP contribution in [0.25, 0.3) is 22.0 Å². The molecule has 2 aromatic carbocycles. The van der Waals surface area contributed by atoms with Gasteiger partial charge in [-0.3, -0.25) is 4.79 Å². The second-order valence-electron chi connectivity index (χ2n) is 7.64. The first-order chi connectivity index (χ1) is 13.5. The summed E-state index contributed by atoms with van der Waals surface area (Å²) in [5, 5.41) is 10.3. The molecule has 0 fully saturated rings. The summed E-state index contributed by atoms with van der Waals surface area (Å²) < 4.78 is 2.18. The van der Waals surface area contributed by atoms with E-state index in [4.69, 9.17) is 0 Å². The molecule has 0 N–H and O–H groups in total. The number of pyridine rings is 1. The highest BCUT2D eigenvalue weighted by atomic mass is 16.1. The zero-order valence-electron chi connectivity index (χ0n) is 17.2. The first-order valence-corrected chi connectivity index (χ1v) is 10.2. The molecule has 3 aromatic rings. The molecule has 0 amide bonds. The molecule has 144 valence electrons. The third-order valence-corrected chi connectivity index (χ3v) is 5.49. The van der Waals surface area contributed by atoms with Crippen molar-refractivity contribution in [2.45, 2.75) is 59.4 Å². The smallest absolute Gasteiger partial charge is 0.207 e. The fraction of sp³-hybridized carbons (Fsp3) is 0.360. The number of nitriles is 1. The summed E-state index contributed by atoms with van der Waals surface area (Å²) in [6, 6.07) is 14.8. The number of hydrogen-bond acceptors (Lipinski definition) is 2. The second kappa shape index (κ2) is 8.44. The van der Waals surface area contributed by atoms with Gasteiger partial charge in [0.05, 0.1) is 10.9 Å². The van der Waals surface area contributed by atoms with E-state index >= 15 is 0 Å². The molecule has 0 radical (unpaired) electrons. The van der Waals surface area contributed by atoms with Gasteiger partial charge in [-0.1, -0.05) is 62.6 Å². The van der Waals surface area contributed by atoms with Crippen LogP contribution in [-0.2, 0) is 0 Å². The number of rotatable bonds is 6. The highest BCUT2D eigenvalue weighted by Gasteiger charge is 2.18. The largest absolute Gasteiger partial charge is 0.343 e. The average molecular weight is 373 g/mol. The molecule has 0 bridgehead atoms. The van der Waals surface area contributed by atoms with Gasteiger partial charge >= 0.3 is 0 Å². The molecule has 0 unspecified atom stereocenters. The summed E-state index contributed by atoms with van der Waals surface area (Å²) in [4.78, 5) is 13.2. The van der Waals surface area contributed by atoms with Crippen LogP contribution in [0.1, 0.15) is 62.3 Å². The van der Waals surface area contributed by atoms with Gasteiger partial charge in [-0.2, -0.15) is 5.26 Å². The van der Waals surface area contributed by atoms with Gasteiger partial charge in [0, 0.05) is 12.2 Å². The molecule has 0 spiro atoms. The molecular weight excluding hydrogens is 344 g/mol. The Morgan fingerprint density at radius 3 is 2.36 bits per heavy atom. The van der Waals surface area contributed by atoms with Crippen LogP contribution in [0.3, 0.4) is 0 Å². The Balaban J connectivity index is 2.39. The van der Waals surface area contributed by atoms with Crippen molar-refractivity contribution in [3.05, 3.63) is 69.5 Å². The van der Waals surface area contributed by atoms with Crippen LogP contribution in [-0.4, -0.2) is 4.57 Å². The minimum atomic E-state index is -0.170. The molecule has 0 aliphatic heterocycles. The number of hydrogen-bond donors (Lipinski definition) is 0. The van der Waals surface area contributed by atoms with E-state index in [1.165, 1.54) is 5.56 Å². The van der Waals surface area contributed by atoms with Gasteiger partial charge in [-0.15, -0.1) is 0 Å². The van der Waals surface area contributed by atoms with Gasteiger partial charge in [0.25, 0.3) is 0 Å². The van der Waals surface area contributed by atoms with E-state index < -0.39 is 0 Å². The number of aryl methyl sites for hydroxylation is 2. The van der Waals surface area contributed by atoms with E-state index in [2.05, 4.69) is 56.5 Å². The topological polar surface area (TPSA) is 45.8 Å². The van der Waals surface area contributed by atoms with Crippen molar-refractivity contribution in [3.8, 4) is 17.2 Å². The minimum absolute atomic E-state index is 0.170. The van der Waals surface area contributed by atoms with Crippen molar-refractivity contribution in [1.82, 2.24) is 4.57 Å². The van der Waals surface area contributed by atoms with E-state index in [0.29, 0.717) is 11.4 Å². The Labute approximate surface area is 167 Å². The quantitative estimate of drug-likeness (QED) is 0.510. The monoisotopic (exact) mass is 372 g/mol. The Hall–Kier alpha value is -2.86. The highest BCUT2D eigenvalue weighted by Crippen LogP contribution is 2.32. The Morgan fingerprint density at radius 1 is 1.04 bits per heavy atom. The van der Waals surface area contributed by atoms with Crippen LogP contribution < -0.4 is 5.43 Å². The van der Waals surface area contributed by atoms with Crippen LogP contribution in [0, 0.1) is 25.2 Å². The second-order valence-corrected chi connectivity index (χ2v) is 7.64. The van der Waals surface area contributed by atoms with Crippen molar-refractivity contribution in [2.24, 2.45) is 0 Å². The SMILES string of the molecule is CCCC(CCC)n1cc(C#N)c(=O)c2c(-c3ccc(C)cc3C)cccc21. The maximum atomic E-state index is 13.2. The molecule has 3 nitrogen and oxygen atoms in total. The van der Waals surface area contributed by atoms with Crippen LogP contribution in [0.5, 0.6) is 0 Å². The van der Waals surface area contributed by atoms with Gasteiger partial charge in [0.1, 0.15) is 11.6 Å². The van der Waals surface area contributed by atoms with E-state index in [-0.39, 0.29) is 11.0 Å². The predicted molar refractivity (Wildman–Crippen MR) is 117 cm³/mol. The van der Waals surface area contributed by atoms with Crippen molar-refractivity contribution < 1.29 is 0 Å². The Morgan fingerprint density at radius 2 is 1.75 bits per heavy atom. The number of fused-ring (bicyclic) bond motifs is 1. The highest BCUT2D eigenvalue weighted by molar-refractivity contribution is 5.96. The summed E-state index contributed by atoms with van der Waals surface area (Å²) >= 11 is 0. The molecule has 0 atom stereocenters. The lowest BCUT2D eigenvalue weighted by Gasteiger charge is -2.23. The lowest BCUT2D eigenvalue weighted by molar-refractivity contribution is 0.435. The van der Waals surface area contributed by atoms with E-state index in [0.717, 1.165) is 47.9 Å². The molecule has 1 aromatic heterocycles. The van der Waals surface area contributed by atoms with Gasteiger partial charge in [0.15, 0.2) is 0 Å². The third kappa shape index (κ3) is 3.60. The zero-order chi connectivity index (χ0) is 20.3. The van der Waals surface area contributed by atoms with Crippen molar-refractivity contribution in [3.63, 3.8) is 0 Å². The minimum Gasteiger partial charge on any atom is -0.343 e. The summed E-state index contributed by atoms with van der Waals surface area (Å²) in [5.41, 5.74) is 5.28. The van der Waals surface area contributed by atoms with Crippen molar-refractivity contribution in [2.75, 3.05) is 0 Å². The third-order valence-electron chi connectivity index (χ3n) is 5.49. The van der Waals surface area contributed by atoms with Gasteiger partial charge in [-0.25, -0.2) is 0 Å². The number of benzene rings is 2. The van der Waals surface area contributed by atoms with Crippen LogP contribution >= 0.6 is 0 Å². The number of aromatic nitrogens is 1. The Bertz CT molecular complexity index is 1100. The maximum Gasteiger partial charge on any atom is 0.207 e. The first-order valence-electron chi connectivity index (χ1n) is 10.2. The van der Waals surface area contributed by atoms with Crippen molar-refractivity contribution in [1.29, 1.82) is 5.26 Å². The molecule has 0 saturated heterocycles. The van der Waals surface area contributed by atoms with Gasteiger partial charge < -0.3 is 4.57 Å². The molecule has 0 saturated carbocycles. The van der Waals surface area contributed by atoms with Gasteiger partial charge in [0.2, 0.25) is 5.43 Å². The van der Waals surface area contributed by atoms with Gasteiger partial charge in [-0.05, 0) is 49.4 Å². The summed E-state index contributed by atoms with van der Waals surface area (Å²) in [7, 11) is 0. The lowest BCUT2D eigenvalue weighted by atomic mass is 9.94. The molecule has 28 heavy (non-hydrogen) atoms. The lowest BCUT2D eigenvalue weighted by Crippen LogP contribution is -2.18. The average Bonchev–Trinajstić information content (AvgIpc) is 2.68. The fourth-order valence-corrected chi connectivity index (χ4v) is 4.21. The molecule has 1 heterocycles. The van der Waals surface area contributed by atoms with E-state index in [1.54, 1.807) is 6.20 Å². The Kier molecular flexibility index (Phi) is 5.99. The van der Waals surface area contributed by atoms with Crippen LogP contribution in [0.15, 0.2) is 47.4 Å². The molecule has 3 rings (SSSR count). The molecule has 0 aliphatic carbocycles. The summed E-state index contributed by atoms with van der Waals surface area (Å²) in [6.07, 6.45) is 5.97. The van der Waals surface area contributed by atoms with Crippen LogP contribution in [0.2, 0.25) is 0 Å². The number of nitrogens with zero attached hydrogens (tertiary/aromatic N) is 2.